The van der Waals surface area contributed by atoms with Crippen LogP contribution >= 0.6 is 0 Å². The number of ether oxygens (including phenoxy) is 1. The molecule has 16 heavy (non-hydrogen) atoms. The summed E-state index contributed by atoms with van der Waals surface area (Å²) < 4.78 is 5.34. The van der Waals surface area contributed by atoms with Crippen molar-refractivity contribution < 1.29 is 9.84 Å². The van der Waals surface area contributed by atoms with Gasteiger partial charge in [0.25, 0.3) is 0 Å². The lowest BCUT2D eigenvalue weighted by Gasteiger charge is -2.31. The first-order valence-electron chi connectivity index (χ1n) is 6.81. The molecule has 2 atom stereocenters. The van der Waals surface area contributed by atoms with E-state index in [4.69, 9.17) is 4.74 Å². The van der Waals surface area contributed by atoms with Gasteiger partial charge in [-0.15, -0.1) is 0 Å². The monoisotopic (exact) mass is 227 g/mol. The van der Waals surface area contributed by atoms with E-state index in [2.05, 4.69) is 11.8 Å². The van der Waals surface area contributed by atoms with Gasteiger partial charge in [0, 0.05) is 25.1 Å². The van der Waals surface area contributed by atoms with Crippen molar-refractivity contribution in [3.63, 3.8) is 0 Å². The Morgan fingerprint density at radius 1 is 1.31 bits per heavy atom. The van der Waals surface area contributed by atoms with Crippen LogP contribution in [0.3, 0.4) is 0 Å². The van der Waals surface area contributed by atoms with Gasteiger partial charge in [0.1, 0.15) is 0 Å². The molecule has 0 radical (unpaired) electrons. The number of nitrogens with zero attached hydrogens (tertiary/aromatic N) is 1. The third-order valence-corrected chi connectivity index (χ3v) is 4.18. The van der Waals surface area contributed by atoms with Crippen molar-refractivity contribution in [2.24, 2.45) is 5.92 Å². The molecular formula is C13H25NO2. The van der Waals surface area contributed by atoms with Crippen LogP contribution in [0.5, 0.6) is 0 Å². The summed E-state index contributed by atoms with van der Waals surface area (Å²) in [6.07, 6.45) is 6.21. The first-order chi connectivity index (χ1) is 7.81. The van der Waals surface area contributed by atoms with E-state index in [1.807, 2.05) is 0 Å². The summed E-state index contributed by atoms with van der Waals surface area (Å²) in [7, 11) is 0. The molecule has 94 valence electrons. The summed E-state index contributed by atoms with van der Waals surface area (Å²) in [6, 6.07) is 0.724. The standard InChI is InChI=1S/C13H25NO2/c1-2-14(12-5-3-4-6-12)9-13(15)11-7-8-16-10-11/h11-13,15H,2-10H2,1H3. The Balaban J connectivity index is 1.80. The van der Waals surface area contributed by atoms with Gasteiger partial charge in [-0.25, -0.2) is 0 Å². The molecule has 2 unspecified atom stereocenters. The molecule has 1 aliphatic carbocycles. The van der Waals surface area contributed by atoms with E-state index < -0.39 is 0 Å². The van der Waals surface area contributed by atoms with Gasteiger partial charge in [-0.05, 0) is 25.8 Å². The van der Waals surface area contributed by atoms with Crippen molar-refractivity contribution >= 4 is 0 Å². The molecule has 1 N–H and O–H groups in total. The minimum Gasteiger partial charge on any atom is -0.391 e. The Kier molecular flexibility index (Phi) is 4.62. The van der Waals surface area contributed by atoms with Gasteiger partial charge in [0.2, 0.25) is 0 Å². The maximum Gasteiger partial charge on any atom is 0.0718 e. The summed E-state index contributed by atoms with van der Waals surface area (Å²) in [4.78, 5) is 2.47. The van der Waals surface area contributed by atoms with Crippen molar-refractivity contribution in [2.75, 3.05) is 26.3 Å². The fourth-order valence-corrected chi connectivity index (χ4v) is 3.05. The SMILES string of the molecule is CCN(CC(O)C1CCOC1)C1CCCC1. The van der Waals surface area contributed by atoms with Crippen LogP contribution in [-0.2, 0) is 4.74 Å². The van der Waals surface area contributed by atoms with E-state index in [0.717, 1.165) is 38.8 Å². The van der Waals surface area contributed by atoms with E-state index in [-0.39, 0.29) is 6.10 Å². The molecule has 0 amide bonds. The Morgan fingerprint density at radius 2 is 2.06 bits per heavy atom. The van der Waals surface area contributed by atoms with Gasteiger partial charge < -0.3 is 9.84 Å². The second-order valence-electron chi connectivity index (χ2n) is 5.22. The molecule has 2 aliphatic rings. The van der Waals surface area contributed by atoms with Gasteiger partial charge in [-0.2, -0.15) is 0 Å². The molecule has 2 rings (SSSR count). The van der Waals surface area contributed by atoms with Crippen LogP contribution in [-0.4, -0.2) is 48.5 Å². The number of hydrogen-bond acceptors (Lipinski definition) is 3. The first-order valence-corrected chi connectivity index (χ1v) is 6.81. The fourth-order valence-electron chi connectivity index (χ4n) is 3.05. The highest BCUT2D eigenvalue weighted by molar-refractivity contribution is 4.81. The van der Waals surface area contributed by atoms with E-state index in [9.17, 15) is 5.11 Å². The van der Waals surface area contributed by atoms with E-state index >= 15 is 0 Å². The third kappa shape index (κ3) is 2.96. The molecule has 0 aromatic heterocycles. The molecule has 0 aromatic carbocycles. The second-order valence-corrected chi connectivity index (χ2v) is 5.22. The Hall–Kier alpha value is -0.120. The molecule has 0 bridgehead atoms. The first kappa shape index (κ1) is 12.3. The van der Waals surface area contributed by atoms with Crippen LogP contribution in [0.25, 0.3) is 0 Å². The van der Waals surface area contributed by atoms with Crippen molar-refractivity contribution in [1.82, 2.24) is 4.90 Å². The molecule has 3 nitrogen and oxygen atoms in total. The van der Waals surface area contributed by atoms with Gasteiger partial charge in [-0.3, -0.25) is 4.90 Å². The summed E-state index contributed by atoms with van der Waals surface area (Å²) in [5.41, 5.74) is 0. The summed E-state index contributed by atoms with van der Waals surface area (Å²) in [6.45, 7) is 5.70. The molecule has 0 aromatic rings. The predicted molar refractivity (Wildman–Crippen MR) is 64.4 cm³/mol. The largest absolute Gasteiger partial charge is 0.391 e. The molecule has 1 saturated carbocycles. The van der Waals surface area contributed by atoms with Crippen LogP contribution in [0.2, 0.25) is 0 Å². The Morgan fingerprint density at radius 3 is 2.62 bits per heavy atom. The minimum absolute atomic E-state index is 0.192. The van der Waals surface area contributed by atoms with E-state index in [1.165, 1.54) is 25.7 Å². The van der Waals surface area contributed by atoms with Crippen molar-refractivity contribution in [1.29, 1.82) is 0 Å². The highest BCUT2D eigenvalue weighted by atomic mass is 16.5. The second kappa shape index (κ2) is 5.99. The van der Waals surface area contributed by atoms with Crippen molar-refractivity contribution in [3.05, 3.63) is 0 Å². The highest BCUT2D eigenvalue weighted by Crippen LogP contribution is 2.25. The predicted octanol–water partition coefficient (Wildman–Crippen LogP) is 1.65. The zero-order valence-corrected chi connectivity index (χ0v) is 10.4. The lowest BCUT2D eigenvalue weighted by molar-refractivity contribution is 0.0438. The molecule has 2 fully saturated rings. The number of hydrogen-bond donors (Lipinski definition) is 1. The average molecular weight is 227 g/mol. The van der Waals surface area contributed by atoms with E-state index in [0.29, 0.717) is 5.92 Å². The lowest BCUT2D eigenvalue weighted by atomic mass is 10.0. The van der Waals surface area contributed by atoms with Crippen molar-refractivity contribution in [3.8, 4) is 0 Å². The van der Waals surface area contributed by atoms with Gasteiger partial charge in [0.15, 0.2) is 0 Å². The van der Waals surface area contributed by atoms with Crippen molar-refractivity contribution in [2.45, 2.75) is 51.2 Å². The Bertz CT molecular complexity index is 198. The third-order valence-electron chi connectivity index (χ3n) is 4.18. The number of rotatable bonds is 5. The molecule has 1 aliphatic heterocycles. The lowest BCUT2D eigenvalue weighted by Crippen LogP contribution is -2.41. The highest BCUT2D eigenvalue weighted by Gasteiger charge is 2.28. The molecular weight excluding hydrogens is 202 g/mol. The normalized spacial score (nSPS) is 29.1. The smallest absolute Gasteiger partial charge is 0.0718 e. The molecule has 3 heteroatoms. The van der Waals surface area contributed by atoms with Gasteiger partial charge in [-0.1, -0.05) is 19.8 Å². The number of aliphatic hydroxyl groups excluding tert-OH is 1. The molecule has 1 saturated heterocycles. The van der Waals surface area contributed by atoms with Crippen LogP contribution in [0.15, 0.2) is 0 Å². The topological polar surface area (TPSA) is 32.7 Å². The number of likely N-dealkylation sites (N-methyl/N-ethyl adjacent to an activating group) is 1. The van der Waals surface area contributed by atoms with Crippen LogP contribution in [0.1, 0.15) is 39.0 Å². The zero-order valence-electron chi connectivity index (χ0n) is 10.4. The summed E-state index contributed by atoms with van der Waals surface area (Å²) in [5, 5.41) is 10.2. The van der Waals surface area contributed by atoms with Crippen LogP contribution < -0.4 is 0 Å². The minimum atomic E-state index is -0.192. The average Bonchev–Trinajstić information content (AvgIpc) is 2.96. The maximum absolute atomic E-state index is 10.2. The van der Waals surface area contributed by atoms with Crippen LogP contribution in [0.4, 0.5) is 0 Å². The van der Waals surface area contributed by atoms with Gasteiger partial charge >= 0.3 is 0 Å². The fraction of sp³-hybridized carbons (Fsp3) is 1.00. The Labute approximate surface area is 98.8 Å². The maximum atomic E-state index is 10.2. The summed E-state index contributed by atoms with van der Waals surface area (Å²) in [5.74, 6) is 0.371. The van der Waals surface area contributed by atoms with E-state index in [1.54, 1.807) is 0 Å². The molecule has 1 heterocycles. The summed E-state index contributed by atoms with van der Waals surface area (Å²) >= 11 is 0. The molecule has 0 spiro atoms. The van der Waals surface area contributed by atoms with Gasteiger partial charge in [0.05, 0.1) is 12.7 Å². The van der Waals surface area contributed by atoms with Crippen LogP contribution in [0, 0.1) is 5.92 Å². The number of aliphatic hydroxyl groups is 1. The quantitative estimate of drug-likeness (QED) is 0.775. The zero-order chi connectivity index (χ0) is 11.4.